The third-order valence-corrected chi connectivity index (χ3v) is 6.34. The molecule has 3 atom stereocenters. The summed E-state index contributed by atoms with van der Waals surface area (Å²) in [7, 11) is 0. The molecule has 0 radical (unpaired) electrons. The van der Waals surface area contributed by atoms with Gasteiger partial charge in [0, 0.05) is 11.5 Å². The number of nitrogens with zero attached hydrogens (tertiary/aromatic N) is 1. The molecule has 2 N–H and O–H groups in total. The van der Waals surface area contributed by atoms with Crippen LogP contribution in [0.15, 0.2) is 6.07 Å². The van der Waals surface area contributed by atoms with Crippen molar-refractivity contribution in [2.24, 2.45) is 11.3 Å². The molecule has 1 aromatic rings. The van der Waals surface area contributed by atoms with Crippen molar-refractivity contribution < 1.29 is 19.8 Å². The normalized spacial score (nSPS) is 20.9. The van der Waals surface area contributed by atoms with Gasteiger partial charge in [0.2, 0.25) is 0 Å². The van der Waals surface area contributed by atoms with Gasteiger partial charge in [-0.05, 0) is 52.0 Å². The molecule has 0 aliphatic carbocycles. The summed E-state index contributed by atoms with van der Waals surface area (Å²) >= 11 is 1.10. The number of anilines is 1. The van der Waals surface area contributed by atoms with Gasteiger partial charge in [-0.3, -0.25) is 4.79 Å². The fourth-order valence-electron chi connectivity index (χ4n) is 3.81. The largest absolute Gasteiger partial charge is 0.477 e. The first kappa shape index (κ1) is 23.4. The quantitative estimate of drug-likeness (QED) is 0.615. The lowest BCUT2D eigenvalue weighted by atomic mass is 9.83. The van der Waals surface area contributed by atoms with E-state index in [0.717, 1.165) is 37.0 Å². The summed E-state index contributed by atoms with van der Waals surface area (Å²) in [4.78, 5) is 27.2. The van der Waals surface area contributed by atoms with Crippen LogP contribution in [0.2, 0.25) is 0 Å². The molecule has 2 heterocycles. The number of amides is 1. The first-order chi connectivity index (χ1) is 13.6. The van der Waals surface area contributed by atoms with E-state index in [1.54, 1.807) is 11.0 Å². The van der Waals surface area contributed by atoms with E-state index in [0.29, 0.717) is 23.4 Å². The van der Waals surface area contributed by atoms with Crippen LogP contribution in [0.4, 0.5) is 5.69 Å². The Morgan fingerprint density at radius 1 is 1.34 bits per heavy atom. The lowest BCUT2D eigenvalue weighted by molar-refractivity contribution is -0.129. The summed E-state index contributed by atoms with van der Waals surface area (Å²) < 4.78 is 0. The summed E-state index contributed by atoms with van der Waals surface area (Å²) in [5, 5.41) is 20.0. The van der Waals surface area contributed by atoms with Gasteiger partial charge in [-0.25, -0.2) is 4.79 Å². The number of carbonyl (C=O) groups excluding carboxylic acids is 1. The number of carbonyl (C=O) groups is 2. The molecule has 160 valence electrons. The summed E-state index contributed by atoms with van der Waals surface area (Å²) in [5.74, 6) is 5.00. The number of hydrogen-bond donors (Lipinski definition) is 2. The number of carboxylic acid groups (broad SMARTS) is 1. The monoisotopic (exact) mass is 419 g/mol. The molecular formula is C23H33NO4S. The Bertz CT molecular complexity index is 796. The van der Waals surface area contributed by atoms with Crippen molar-refractivity contribution in [3.05, 3.63) is 15.8 Å². The summed E-state index contributed by atoms with van der Waals surface area (Å²) in [6, 6.07) is 1.61. The third-order valence-electron chi connectivity index (χ3n) is 5.31. The second-order valence-electron chi connectivity index (χ2n) is 8.81. The van der Waals surface area contributed by atoms with Gasteiger partial charge < -0.3 is 15.1 Å². The standard InChI is InChI=1S/C23H33NO4S/c1-6-8-9-15(7-2)17-10-11-19(25)21(26)24(17)18-14-16(12-13-23(3,4)5)29-20(18)22(27)28/h14-15,17,19,25H,6-11H2,1-5H3,(H,27,28)/t15?,17-,19-/m0/s1. The number of piperidine rings is 1. The Kier molecular flexibility index (Phi) is 7.90. The SMILES string of the molecule is CCCCC(CC)[C@@H]1CC[C@H](O)C(=O)N1c1cc(C#CC(C)(C)C)sc1C(=O)O. The highest BCUT2D eigenvalue weighted by atomic mass is 32.1. The average Bonchev–Trinajstić information content (AvgIpc) is 3.07. The zero-order chi connectivity index (χ0) is 21.8. The molecule has 0 aromatic carbocycles. The zero-order valence-electron chi connectivity index (χ0n) is 18.1. The van der Waals surface area contributed by atoms with E-state index in [1.165, 1.54) is 0 Å². The van der Waals surface area contributed by atoms with Crippen LogP contribution in [-0.4, -0.2) is 34.2 Å². The van der Waals surface area contributed by atoms with Crippen LogP contribution in [0.5, 0.6) is 0 Å². The summed E-state index contributed by atoms with van der Waals surface area (Å²) in [6.07, 6.45) is 4.05. The number of unbranched alkanes of at least 4 members (excludes halogenated alkanes) is 1. The van der Waals surface area contributed by atoms with E-state index in [-0.39, 0.29) is 22.3 Å². The predicted molar refractivity (Wildman–Crippen MR) is 117 cm³/mol. The maximum atomic E-state index is 13.0. The van der Waals surface area contributed by atoms with Gasteiger partial charge in [-0.15, -0.1) is 11.3 Å². The van der Waals surface area contributed by atoms with Gasteiger partial charge in [0.1, 0.15) is 11.0 Å². The van der Waals surface area contributed by atoms with Gasteiger partial charge in [0.15, 0.2) is 0 Å². The zero-order valence-corrected chi connectivity index (χ0v) is 18.9. The van der Waals surface area contributed by atoms with Crippen molar-refractivity contribution in [3.8, 4) is 11.8 Å². The molecule has 1 saturated heterocycles. The molecule has 1 aliphatic rings. The van der Waals surface area contributed by atoms with Gasteiger partial charge in [-0.1, -0.05) is 45.0 Å². The smallest absolute Gasteiger partial charge is 0.348 e. The molecule has 0 spiro atoms. The van der Waals surface area contributed by atoms with Crippen LogP contribution in [-0.2, 0) is 4.79 Å². The van der Waals surface area contributed by atoms with E-state index in [4.69, 9.17) is 0 Å². The van der Waals surface area contributed by atoms with Crippen LogP contribution in [0.3, 0.4) is 0 Å². The van der Waals surface area contributed by atoms with Gasteiger partial charge in [0.05, 0.1) is 10.6 Å². The first-order valence-corrected chi connectivity index (χ1v) is 11.3. The predicted octanol–water partition coefficient (Wildman–Crippen LogP) is 4.92. The third kappa shape index (κ3) is 5.83. The molecule has 0 bridgehead atoms. The van der Waals surface area contributed by atoms with E-state index >= 15 is 0 Å². The van der Waals surface area contributed by atoms with Crippen molar-refractivity contribution in [1.82, 2.24) is 0 Å². The van der Waals surface area contributed by atoms with Crippen molar-refractivity contribution in [1.29, 1.82) is 0 Å². The van der Waals surface area contributed by atoms with Crippen LogP contribution in [0.25, 0.3) is 0 Å². The van der Waals surface area contributed by atoms with Crippen LogP contribution < -0.4 is 4.90 Å². The maximum Gasteiger partial charge on any atom is 0.348 e. The molecular weight excluding hydrogens is 386 g/mol. The highest BCUT2D eigenvalue weighted by molar-refractivity contribution is 7.15. The average molecular weight is 420 g/mol. The maximum absolute atomic E-state index is 13.0. The van der Waals surface area contributed by atoms with Crippen molar-refractivity contribution in [2.75, 3.05) is 4.90 Å². The number of aliphatic hydroxyl groups is 1. The topological polar surface area (TPSA) is 77.8 Å². The Hall–Kier alpha value is -1.84. The number of carboxylic acids is 1. The van der Waals surface area contributed by atoms with Crippen molar-refractivity contribution >= 4 is 28.9 Å². The molecule has 1 unspecified atom stereocenters. The molecule has 29 heavy (non-hydrogen) atoms. The Balaban J connectivity index is 2.52. The highest BCUT2D eigenvalue weighted by Crippen LogP contribution is 2.38. The number of thiophene rings is 1. The van der Waals surface area contributed by atoms with Crippen LogP contribution in [0.1, 0.15) is 87.7 Å². The van der Waals surface area contributed by atoms with Crippen molar-refractivity contribution in [2.45, 2.75) is 85.3 Å². The van der Waals surface area contributed by atoms with Gasteiger partial charge >= 0.3 is 5.97 Å². The van der Waals surface area contributed by atoms with Gasteiger partial charge in [0.25, 0.3) is 5.91 Å². The molecule has 5 nitrogen and oxygen atoms in total. The van der Waals surface area contributed by atoms with Gasteiger partial charge in [-0.2, -0.15) is 0 Å². The lowest BCUT2D eigenvalue weighted by Gasteiger charge is -2.41. The Morgan fingerprint density at radius 2 is 2.03 bits per heavy atom. The second kappa shape index (κ2) is 9.77. The van der Waals surface area contributed by atoms with Crippen LogP contribution in [0, 0.1) is 23.2 Å². The van der Waals surface area contributed by atoms with E-state index in [1.807, 2.05) is 20.8 Å². The highest BCUT2D eigenvalue weighted by Gasteiger charge is 2.40. The van der Waals surface area contributed by atoms with E-state index in [2.05, 4.69) is 25.7 Å². The molecule has 1 aliphatic heterocycles. The molecule has 6 heteroatoms. The Morgan fingerprint density at radius 3 is 2.59 bits per heavy atom. The molecule has 1 aromatic heterocycles. The number of aliphatic hydroxyl groups excluding tert-OH is 1. The molecule has 1 fully saturated rings. The fraction of sp³-hybridized carbons (Fsp3) is 0.652. The minimum Gasteiger partial charge on any atom is -0.477 e. The van der Waals surface area contributed by atoms with Crippen molar-refractivity contribution in [3.63, 3.8) is 0 Å². The number of rotatable bonds is 7. The molecule has 0 saturated carbocycles. The fourth-order valence-corrected chi connectivity index (χ4v) is 4.65. The molecule has 1 amide bonds. The minimum atomic E-state index is -1.08. The molecule has 2 rings (SSSR count). The second-order valence-corrected chi connectivity index (χ2v) is 9.86. The van der Waals surface area contributed by atoms with E-state index < -0.39 is 18.0 Å². The summed E-state index contributed by atoms with van der Waals surface area (Å²) in [5.41, 5.74) is 0.171. The number of hydrogen-bond acceptors (Lipinski definition) is 4. The minimum absolute atomic E-state index is 0.0985. The Labute approximate surface area is 178 Å². The van der Waals surface area contributed by atoms with E-state index in [9.17, 15) is 19.8 Å². The lowest BCUT2D eigenvalue weighted by Crippen LogP contribution is -2.53. The number of aromatic carboxylic acids is 1. The van der Waals surface area contributed by atoms with Crippen LogP contribution >= 0.6 is 11.3 Å². The first-order valence-electron chi connectivity index (χ1n) is 10.5. The summed E-state index contributed by atoms with van der Waals surface area (Å²) in [6.45, 7) is 10.2.